The largest absolute Gasteiger partial charge is 0.465 e. The number of sulfonamides is 1. The van der Waals surface area contributed by atoms with Crippen molar-refractivity contribution in [2.75, 3.05) is 12.4 Å². The Kier molecular flexibility index (Phi) is 6.87. The SMILES string of the molecule is COC(=O)c1ccccc1S(=O)(=O)NC(=O)Nc1ncc(Br)c(CN=[N+]=[N-])n1. The summed E-state index contributed by atoms with van der Waals surface area (Å²) < 4.78 is 31.6. The van der Waals surface area contributed by atoms with Gasteiger partial charge >= 0.3 is 12.0 Å². The van der Waals surface area contributed by atoms with Crippen molar-refractivity contribution in [1.82, 2.24) is 14.7 Å². The van der Waals surface area contributed by atoms with Gasteiger partial charge in [0.05, 0.1) is 29.4 Å². The second kappa shape index (κ2) is 9.12. The summed E-state index contributed by atoms with van der Waals surface area (Å²) in [5.74, 6) is -1.10. The molecule has 28 heavy (non-hydrogen) atoms. The highest BCUT2D eigenvalue weighted by Gasteiger charge is 2.25. The van der Waals surface area contributed by atoms with E-state index in [0.29, 0.717) is 4.47 Å². The first-order valence-electron chi connectivity index (χ1n) is 7.32. The second-order valence-electron chi connectivity index (χ2n) is 4.92. The smallest absolute Gasteiger partial charge is 0.339 e. The van der Waals surface area contributed by atoms with Gasteiger partial charge in [0.25, 0.3) is 10.0 Å². The molecule has 0 aliphatic heterocycles. The van der Waals surface area contributed by atoms with Crippen LogP contribution in [0.3, 0.4) is 0 Å². The minimum Gasteiger partial charge on any atom is -0.465 e. The molecule has 0 aliphatic rings. The van der Waals surface area contributed by atoms with Crippen molar-refractivity contribution in [1.29, 1.82) is 0 Å². The summed E-state index contributed by atoms with van der Waals surface area (Å²) in [6.07, 6.45) is 1.30. The predicted molar refractivity (Wildman–Crippen MR) is 99.7 cm³/mol. The molecule has 0 saturated heterocycles. The average Bonchev–Trinajstić information content (AvgIpc) is 2.67. The van der Waals surface area contributed by atoms with Crippen LogP contribution in [0.25, 0.3) is 10.4 Å². The van der Waals surface area contributed by atoms with E-state index in [1.54, 1.807) is 4.72 Å². The van der Waals surface area contributed by atoms with E-state index in [1.807, 2.05) is 0 Å². The third kappa shape index (κ3) is 5.16. The van der Waals surface area contributed by atoms with Gasteiger partial charge < -0.3 is 4.74 Å². The Labute approximate surface area is 167 Å². The maximum absolute atomic E-state index is 12.5. The summed E-state index contributed by atoms with van der Waals surface area (Å²) in [5, 5.41) is 5.50. The van der Waals surface area contributed by atoms with Gasteiger partial charge in [-0.05, 0) is 33.6 Å². The second-order valence-corrected chi connectivity index (χ2v) is 7.43. The van der Waals surface area contributed by atoms with Crippen molar-refractivity contribution in [2.45, 2.75) is 11.4 Å². The number of urea groups is 1. The number of nitrogens with zero attached hydrogens (tertiary/aromatic N) is 5. The van der Waals surface area contributed by atoms with E-state index < -0.39 is 26.9 Å². The number of aromatic nitrogens is 2. The first-order chi connectivity index (χ1) is 13.3. The van der Waals surface area contributed by atoms with Crippen LogP contribution in [0.5, 0.6) is 0 Å². The lowest BCUT2D eigenvalue weighted by atomic mass is 10.2. The molecule has 2 rings (SSSR count). The predicted octanol–water partition coefficient (Wildman–Crippen LogP) is 2.35. The van der Waals surface area contributed by atoms with Crippen LogP contribution in [0.1, 0.15) is 16.1 Å². The highest BCUT2D eigenvalue weighted by atomic mass is 79.9. The van der Waals surface area contributed by atoms with E-state index in [0.717, 1.165) is 13.2 Å². The van der Waals surface area contributed by atoms with Crippen LogP contribution in [0, 0.1) is 0 Å². The Morgan fingerprint density at radius 2 is 2.07 bits per heavy atom. The summed E-state index contributed by atoms with van der Waals surface area (Å²) in [6, 6.07) is 4.08. The Morgan fingerprint density at radius 3 is 2.75 bits per heavy atom. The molecule has 0 fully saturated rings. The minimum absolute atomic E-state index is 0.110. The number of azide groups is 1. The molecule has 0 radical (unpaired) electrons. The Bertz CT molecular complexity index is 1070. The van der Waals surface area contributed by atoms with Crippen molar-refractivity contribution in [3.63, 3.8) is 0 Å². The topological polar surface area (TPSA) is 176 Å². The van der Waals surface area contributed by atoms with Crippen molar-refractivity contribution in [3.05, 3.63) is 56.6 Å². The number of benzene rings is 1. The quantitative estimate of drug-likeness (QED) is 0.282. The summed E-state index contributed by atoms with van der Waals surface area (Å²) in [4.78, 5) is 33.7. The molecular formula is C14H12BrN7O5S. The molecule has 1 aromatic carbocycles. The molecule has 1 aromatic heterocycles. The monoisotopic (exact) mass is 469 g/mol. The number of anilines is 1. The normalized spacial score (nSPS) is 10.5. The molecule has 2 amide bonds. The number of methoxy groups -OCH3 is 1. The Balaban J connectivity index is 2.21. The molecular weight excluding hydrogens is 458 g/mol. The van der Waals surface area contributed by atoms with Gasteiger partial charge in [-0.1, -0.05) is 17.2 Å². The van der Waals surface area contributed by atoms with E-state index >= 15 is 0 Å². The molecule has 0 bridgehead atoms. The van der Waals surface area contributed by atoms with Crippen LogP contribution in [0.2, 0.25) is 0 Å². The lowest BCUT2D eigenvalue weighted by Gasteiger charge is -2.11. The Hall–Kier alpha value is -3.22. The molecule has 146 valence electrons. The maximum atomic E-state index is 12.5. The lowest BCUT2D eigenvalue weighted by molar-refractivity contribution is 0.0596. The fraction of sp³-hybridized carbons (Fsp3) is 0.143. The van der Waals surface area contributed by atoms with Crippen molar-refractivity contribution < 1.29 is 22.7 Å². The molecule has 0 aliphatic carbocycles. The van der Waals surface area contributed by atoms with Gasteiger partial charge in [-0.25, -0.2) is 32.7 Å². The van der Waals surface area contributed by atoms with E-state index in [1.165, 1.54) is 24.4 Å². The van der Waals surface area contributed by atoms with Crippen LogP contribution in [-0.4, -0.2) is 37.5 Å². The molecule has 12 nitrogen and oxygen atoms in total. The van der Waals surface area contributed by atoms with E-state index in [9.17, 15) is 18.0 Å². The van der Waals surface area contributed by atoms with Crippen LogP contribution in [-0.2, 0) is 21.3 Å². The van der Waals surface area contributed by atoms with Gasteiger partial charge in [0.2, 0.25) is 5.95 Å². The third-order valence-electron chi connectivity index (χ3n) is 3.13. The average molecular weight is 470 g/mol. The first kappa shape index (κ1) is 21.1. The Morgan fingerprint density at radius 1 is 1.36 bits per heavy atom. The minimum atomic E-state index is -4.39. The van der Waals surface area contributed by atoms with E-state index in [2.05, 4.69) is 46.0 Å². The van der Waals surface area contributed by atoms with Gasteiger partial charge in [-0.3, -0.25) is 5.32 Å². The molecule has 0 atom stereocenters. The lowest BCUT2D eigenvalue weighted by Crippen LogP contribution is -2.35. The van der Waals surface area contributed by atoms with Crippen LogP contribution < -0.4 is 10.0 Å². The van der Waals surface area contributed by atoms with Crippen LogP contribution >= 0.6 is 15.9 Å². The van der Waals surface area contributed by atoms with Gasteiger partial charge in [0.15, 0.2) is 0 Å². The fourth-order valence-electron chi connectivity index (χ4n) is 1.96. The summed E-state index contributed by atoms with van der Waals surface area (Å²) in [7, 11) is -3.29. The number of amides is 2. The third-order valence-corrected chi connectivity index (χ3v) is 5.19. The summed E-state index contributed by atoms with van der Waals surface area (Å²) in [5.41, 5.74) is 8.41. The molecule has 1 heterocycles. The molecule has 0 saturated carbocycles. The first-order valence-corrected chi connectivity index (χ1v) is 9.59. The highest BCUT2D eigenvalue weighted by molar-refractivity contribution is 9.10. The van der Waals surface area contributed by atoms with E-state index in [-0.39, 0.29) is 23.8 Å². The number of carbonyl (C=O) groups is 2. The molecule has 2 N–H and O–H groups in total. The number of ether oxygens (including phenoxy) is 1. The number of nitrogens with one attached hydrogen (secondary N) is 2. The van der Waals surface area contributed by atoms with Gasteiger partial charge in [0, 0.05) is 11.1 Å². The van der Waals surface area contributed by atoms with Crippen LogP contribution in [0.15, 0.2) is 44.9 Å². The fourth-order valence-corrected chi connectivity index (χ4v) is 3.38. The van der Waals surface area contributed by atoms with Crippen LogP contribution in [0.4, 0.5) is 10.7 Å². The number of hydrogen-bond donors (Lipinski definition) is 2. The summed E-state index contributed by atoms with van der Waals surface area (Å²) in [6.45, 7) is -0.110. The number of hydrogen-bond acceptors (Lipinski definition) is 8. The molecule has 2 aromatic rings. The molecule has 0 spiro atoms. The highest BCUT2D eigenvalue weighted by Crippen LogP contribution is 2.18. The number of carbonyl (C=O) groups excluding carboxylic acids is 2. The zero-order valence-electron chi connectivity index (χ0n) is 14.2. The van der Waals surface area contributed by atoms with Gasteiger partial charge in [0.1, 0.15) is 4.90 Å². The number of esters is 1. The molecule has 14 heteroatoms. The van der Waals surface area contributed by atoms with Crippen molar-refractivity contribution >= 4 is 43.9 Å². The maximum Gasteiger partial charge on any atom is 0.339 e. The number of rotatable bonds is 6. The zero-order chi connectivity index (χ0) is 20.7. The van der Waals surface area contributed by atoms with Gasteiger partial charge in [-0.15, -0.1) is 0 Å². The number of halogens is 1. The summed E-state index contributed by atoms with van der Waals surface area (Å²) >= 11 is 3.16. The van der Waals surface area contributed by atoms with E-state index in [4.69, 9.17) is 5.53 Å². The zero-order valence-corrected chi connectivity index (χ0v) is 16.6. The van der Waals surface area contributed by atoms with Crippen molar-refractivity contribution in [2.24, 2.45) is 5.11 Å². The van der Waals surface area contributed by atoms with Gasteiger partial charge in [-0.2, -0.15) is 0 Å². The standard InChI is InChI=1S/C14H12BrN7O5S/c1-27-12(23)8-4-2-3-5-11(8)28(25,26)21-14(24)20-13-17-6-9(15)10(19-13)7-18-22-16/h2-6H,7H2,1H3,(H2,17,19,20,21,24). The van der Waals surface area contributed by atoms with Crippen molar-refractivity contribution in [3.8, 4) is 0 Å². The molecule has 0 unspecified atom stereocenters.